The maximum Gasteiger partial charge on any atom is 0.316 e. The van der Waals surface area contributed by atoms with Crippen LogP contribution in [-0.4, -0.2) is 41.0 Å². The summed E-state index contributed by atoms with van der Waals surface area (Å²) in [4.78, 5) is 35.7. The number of carboxylic acid groups (broad SMARTS) is 1. The number of hydrogen-bond acceptors (Lipinski definition) is 3. The first-order valence-electron chi connectivity index (χ1n) is 7.13. The number of aliphatic carboxylic acids is 1. The molecular weight excluding hydrogens is 286 g/mol. The molecule has 0 bridgehead atoms. The molecule has 22 heavy (non-hydrogen) atoms. The minimum absolute atomic E-state index is 0.123. The molecule has 0 aromatic heterocycles. The van der Waals surface area contributed by atoms with E-state index >= 15 is 0 Å². The second-order valence-electron chi connectivity index (χ2n) is 5.40. The lowest BCUT2D eigenvalue weighted by Crippen LogP contribution is -2.38. The molecule has 0 spiro atoms. The second-order valence-corrected chi connectivity index (χ2v) is 5.40. The third-order valence-corrected chi connectivity index (χ3v) is 3.74. The summed E-state index contributed by atoms with van der Waals surface area (Å²) in [5.74, 6) is -0.790. The number of nitrogens with two attached hydrogens (primary N) is 1. The predicted octanol–water partition coefficient (Wildman–Crippen LogP) is 1.50. The number of carbonyl (C=O) groups excluding carboxylic acids is 2. The lowest BCUT2D eigenvalue weighted by atomic mass is 9.93. The summed E-state index contributed by atoms with van der Waals surface area (Å²) in [6.45, 7) is 1.09. The number of urea groups is 1. The third kappa shape index (κ3) is 4.21. The lowest BCUT2D eigenvalue weighted by Gasteiger charge is -2.31. The van der Waals surface area contributed by atoms with Gasteiger partial charge in [0.15, 0.2) is 0 Å². The molecule has 1 heterocycles. The summed E-state index contributed by atoms with van der Waals surface area (Å²) in [5.41, 5.74) is 6.00. The average molecular weight is 305 g/mol. The molecule has 0 radical (unpaired) electrons. The van der Waals surface area contributed by atoms with Crippen molar-refractivity contribution in [2.24, 2.45) is 11.7 Å². The van der Waals surface area contributed by atoms with E-state index in [0.717, 1.165) is 0 Å². The number of rotatable bonds is 4. The Morgan fingerprint density at radius 1 is 1.27 bits per heavy atom. The van der Waals surface area contributed by atoms with E-state index in [1.807, 2.05) is 0 Å². The number of benzene rings is 1. The Morgan fingerprint density at radius 3 is 2.55 bits per heavy atom. The molecule has 0 saturated carbocycles. The monoisotopic (exact) mass is 305 g/mol. The molecule has 1 aromatic carbocycles. The van der Waals surface area contributed by atoms with Gasteiger partial charge < -0.3 is 21.1 Å². The Kier molecular flexibility index (Phi) is 4.98. The summed E-state index contributed by atoms with van der Waals surface area (Å²) < 4.78 is 0. The van der Waals surface area contributed by atoms with E-state index in [1.165, 1.54) is 0 Å². The number of carbonyl (C=O) groups is 3. The van der Waals surface area contributed by atoms with E-state index in [1.54, 1.807) is 29.2 Å². The number of anilines is 1. The molecule has 2 rings (SSSR count). The van der Waals surface area contributed by atoms with Crippen molar-refractivity contribution in [2.45, 2.75) is 19.3 Å². The molecule has 1 aromatic rings. The molecule has 3 amide bonds. The predicted molar refractivity (Wildman–Crippen MR) is 80.5 cm³/mol. The fraction of sp³-hybridized carbons (Fsp3) is 0.400. The molecule has 1 saturated heterocycles. The highest BCUT2D eigenvalue weighted by Crippen LogP contribution is 2.22. The van der Waals surface area contributed by atoms with Gasteiger partial charge in [0.1, 0.15) is 0 Å². The van der Waals surface area contributed by atoms with Crippen LogP contribution in [0.3, 0.4) is 0 Å². The quantitative estimate of drug-likeness (QED) is 0.782. The van der Waals surface area contributed by atoms with Gasteiger partial charge in [-0.3, -0.25) is 9.59 Å². The first-order chi connectivity index (χ1) is 10.5. The van der Waals surface area contributed by atoms with Crippen LogP contribution in [0.25, 0.3) is 0 Å². The fourth-order valence-electron chi connectivity index (χ4n) is 2.64. The number of primary amides is 1. The number of amides is 3. The Labute approximate surface area is 128 Å². The van der Waals surface area contributed by atoms with Gasteiger partial charge in [-0.25, -0.2) is 4.79 Å². The molecule has 7 heteroatoms. The number of likely N-dealkylation sites (tertiary alicyclic amines) is 1. The molecule has 1 fully saturated rings. The van der Waals surface area contributed by atoms with E-state index in [4.69, 9.17) is 10.8 Å². The molecule has 0 atom stereocenters. The van der Waals surface area contributed by atoms with Crippen LogP contribution >= 0.6 is 0 Å². The molecular formula is C15H19N3O4. The third-order valence-electron chi connectivity index (χ3n) is 3.74. The van der Waals surface area contributed by atoms with E-state index in [-0.39, 0.29) is 18.2 Å². The standard InChI is InChI=1S/C15H19N3O4/c16-15(22)17-12-3-1-2-11(9-12)14(21)18-6-4-10(5-7-18)8-13(19)20/h1-3,9-10H,4-8H2,(H,19,20)(H3,16,17,22). The number of hydrogen-bond donors (Lipinski definition) is 3. The number of nitrogens with zero attached hydrogens (tertiary/aromatic N) is 1. The summed E-state index contributed by atoms with van der Waals surface area (Å²) in [6, 6.07) is 5.91. The van der Waals surface area contributed by atoms with Gasteiger partial charge in [0.2, 0.25) is 0 Å². The summed E-state index contributed by atoms with van der Waals surface area (Å²) in [5, 5.41) is 11.2. The first-order valence-corrected chi connectivity index (χ1v) is 7.13. The zero-order chi connectivity index (χ0) is 16.1. The minimum atomic E-state index is -0.796. The molecule has 1 aliphatic heterocycles. The molecule has 0 aliphatic carbocycles. The topological polar surface area (TPSA) is 113 Å². The van der Waals surface area contributed by atoms with Crippen LogP contribution in [0.2, 0.25) is 0 Å². The fourth-order valence-corrected chi connectivity index (χ4v) is 2.64. The lowest BCUT2D eigenvalue weighted by molar-refractivity contribution is -0.138. The highest BCUT2D eigenvalue weighted by atomic mass is 16.4. The highest BCUT2D eigenvalue weighted by molar-refractivity contribution is 5.96. The van der Waals surface area contributed by atoms with E-state index in [9.17, 15) is 14.4 Å². The Hall–Kier alpha value is -2.57. The van der Waals surface area contributed by atoms with Crippen LogP contribution in [-0.2, 0) is 4.79 Å². The van der Waals surface area contributed by atoms with Crippen molar-refractivity contribution >= 4 is 23.6 Å². The summed E-state index contributed by atoms with van der Waals surface area (Å²) in [6.07, 6.45) is 1.54. The van der Waals surface area contributed by atoms with Gasteiger partial charge in [-0.2, -0.15) is 0 Å². The normalized spacial score (nSPS) is 15.4. The van der Waals surface area contributed by atoms with Crippen LogP contribution in [0, 0.1) is 5.92 Å². The number of nitrogens with one attached hydrogen (secondary N) is 1. The van der Waals surface area contributed by atoms with Crippen LogP contribution in [0.4, 0.5) is 10.5 Å². The number of carboxylic acids is 1. The van der Waals surface area contributed by atoms with Gasteiger partial charge >= 0.3 is 12.0 Å². The van der Waals surface area contributed by atoms with E-state index in [0.29, 0.717) is 37.2 Å². The van der Waals surface area contributed by atoms with Crippen molar-refractivity contribution in [1.29, 1.82) is 0 Å². The molecule has 4 N–H and O–H groups in total. The molecule has 0 unspecified atom stereocenters. The molecule has 1 aliphatic rings. The molecule has 7 nitrogen and oxygen atoms in total. The number of piperidine rings is 1. The van der Waals surface area contributed by atoms with Gasteiger partial charge in [0.05, 0.1) is 0 Å². The van der Waals surface area contributed by atoms with Crippen LogP contribution in [0.15, 0.2) is 24.3 Å². The van der Waals surface area contributed by atoms with Gasteiger partial charge in [-0.1, -0.05) is 6.07 Å². The van der Waals surface area contributed by atoms with Crippen LogP contribution in [0.1, 0.15) is 29.6 Å². The van der Waals surface area contributed by atoms with Gasteiger partial charge in [0.25, 0.3) is 5.91 Å². The summed E-state index contributed by atoms with van der Waals surface area (Å²) in [7, 11) is 0. The minimum Gasteiger partial charge on any atom is -0.481 e. The Bertz CT molecular complexity index is 580. The van der Waals surface area contributed by atoms with E-state index < -0.39 is 12.0 Å². The average Bonchev–Trinajstić information content (AvgIpc) is 2.46. The van der Waals surface area contributed by atoms with E-state index in [2.05, 4.69) is 5.32 Å². The zero-order valence-electron chi connectivity index (χ0n) is 12.1. The van der Waals surface area contributed by atoms with Crippen molar-refractivity contribution < 1.29 is 19.5 Å². The van der Waals surface area contributed by atoms with Crippen LogP contribution in [0.5, 0.6) is 0 Å². The zero-order valence-corrected chi connectivity index (χ0v) is 12.1. The largest absolute Gasteiger partial charge is 0.481 e. The van der Waals surface area contributed by atoms with Crippen molar-refractivity contribution in [1.82, 2.24) is 4.90 Å². The summed E-state index contributed by atoms with van der Waals surface area (Å²) >= 11 is 0. The first kappa shape index (κ1) is 15.8. The highest BCUT2D eigenvalue weighted by Gasteiger charge is 2.25. The van der Waals surface area contributed by atoms with Gasteiger partial charge in [-0.05, 0) is 37.0 Å². The van der Waals surface area contributed by atoms with Crippen molar-refractivity contribution in [2.75, 3.05) is 18.4 Å². The van der Waals surface area contributed by atoms with Crippen LogP contribution < -0.4 is 11.1 Å². The van der Waals surface area contributed by atoms with Gasteiger partial charge in [0, 0.05) is 30.8 Å². The van der Waals surface area contributed by atoms with Crippen molar-refractivity contribution in [3.63, 3.8) is 0 Å². The molecule has 118 valence electrons. The maximum atomic E-state index is 12.4. The smallest absolute Gasteiger partial charge is 0.316 e. The van der Waals surface area contributed by atoms with Crippen molar-refractivity contribution in [3.05, 3.63) is 29.8 Å². The Balaban J connectivity index is 1.98. The maximum absolute atomic E-state index is 12.4. The second kappa shape index (κ2) is 6.93. The Morgan fingerprint density at radius 2 is 1.95 bits per heavy atom. The van der Waals surface area contributed by atoms with Gasteiger partial charge in [-0.15, -0.1) is 0 Å². The van der Waals surface area contributed by atoms with Crippen molar-refractivity contribution in [3.8, 4) is 0 Å². The SMILES string of the molecule is NC(=O)Nc1cccc(C(=O)N2CCC(CC(=O)O)CC2)c1.